The third-order valence-electron chi connectivity index (χ3n) is 4.96. The fraction of sp³-hybridized carbons (Fsp3) is 0.136. The summed E-state index contributed by atoms with van der Waals surface area (Å²) in [4.78, 5) is -0.164. The van der Waals surface area contributed by atoms with Crippen molar-refractivity contribution in [3.05, 3.63) is 95.6 Å². The van der Waals surface area contributed by atoms with Crippen LogP contribution in [0, 0.1) is 11.6 Å². The van der Waals surface area contributed by atoms with Crippen LogP contribution in [0.5, 0.6) is 0 Å². The maximum absolute atomic E-state index is 13.9. The first kappa shape index (κ1) is 22.9. The second-order valence-corrected chi connectivity index (χ2v) is 11.1. The SMILES string of the molecule is CS(=O)(=O)Nc1cccc(C2=NN(S(=O)(=O)c3ccc(F)cc3)[C@@H](c3cccc(F)c3)C2)c1. The summed E-state index contributed by atoms with van der Waals surface area (Å²) < 4.78 is 80.4. The van der Waals surface area contributed by atoms with E-state index in [-0.39, 0.29) is 11.3 Å². The summed E-state index contributed by atoms with van der Waals surface area (Å²) in [6.45, 7) is 0. The smallest absolute Gasteiger partial charge is 0.279 e. The predicted octanol–water partition coefficient (Wildman–Crippen LogP) is 3.88. The Morgan fingerprint density at radius 1 is 0.909 bits per heavy atom. The van der Waals surface area contributed by atoms with Gasteiger partial charge in [-0.3, -0.25) is 4.72 Å². The number of benzene rings is 3. The Kier molecular flexibility index (Phi) is 5.93. The van der Waals surface area contributed by atoms with E-state index in [1.165, 1.54) is 24.3 Å². The average Bonchev–Trinajstić information content (AvgIpc) is 3.20. The van der Waals surface area contributed by atoms with Crippen molar-refractivity contribution in [2.75, 3.05) is 11.0 Å². The zero-order valence-electron chi connectivity index (χ0n) is 17.3. The Bertz CT molecular complexity index is 1440. The van der Waals surface area contributed by atoms with Crippen LogP contribution in [0.1, 0.15) is 23.6 Å². The lowest BCUT2D eigenvalue weighted by molar-refractivity contribution is 0.370. The molecule has 1 atom stereocenters. The summed E-state index contributed by atoms with van der Waals surface area (Å²) in [5.41, 5.74) is 1.55. The lowest BCUT2D eigenvalue weighted by Gasteiger charge is -2.23. The topological polar surface area (TPSA) is 95.9 Å². The molecule has 7 nitrogen and oxygen atoms in total. The highest BCUT2D eigenvalue weighted by Gasteiger charge is 2.38. The summed E-state index contributed by atoms with van der Waals surface area (Å²) in [7, 11) is -7.72. The number of rotatable bonds is 6. The van der Waals surface area contributed by atoms with E-state index in [9.17, 15) is 25.6 Å². The van der Waals surface area contributed by atoms with Crippen LogP contribution in [0.4, 0.5) is 14.5 Å². The largest absolute Gasteiger partial charge is 0.284 e. The number of sulfonamides is 2. The molecule has 0 fully saturated rings. The van der Waals surface area contributed by atoms with Gasteiger partial charge in [0.05, 0.1) is 22.9 Å². The molecule has 1 heterocycles. The van der Waals surface area contributed by atoms with Gasteiger partial charge in [-0.25, -0.2) is 17.2 Å². The van der Waals surface area contributed by atoms with Crippen LogP contribution >= 0.6 is 0 Å². The Morgan fingerprint density at radius 2 is 1.61 bits per heavy atom. The molecule has 0 saturated heterocycles. The molecule has 33 heavy (non-hydrogen) atoms. The maximum Gasteiger partial charge on any atom is 0.279 e. The molecule has 0 bridgehead atoms. The van der Waals surface area contributed by atoms with Crippen molar-refractivity contribution in [1.82, 2.24) is 4.41 Å². The number of anilines is 1. The van der Waals surface area contributed by atoms with Gasteiger partial charge in [-0.15, -0.1) is 0 Å². The van der Waals surface area contributed by atoms with Crippen LogP contribution < -0.4 is 4.72 Å². The third kappa shape index (κ3) is 5.04. The van der Waals surface area contributed by atoms with E-state index >= 15 is 0 Å². The van der Waals surface area contributed by atoms with Crippen LogP contribution in [0.25, 0.3) is 0 Å². The summed E-state index contributed by atoms with van der Waals surface area (Å²) in [6.07, 6.45) is 1.13. The normalized spacial score (nSPS) is 16.5. The van der Waals surface area contributed by atoms with Crippen LogP contribution in [0.15, 0.2) is 82.8 Å². The van der Waals surface area contributed by atoms with E-state index in [0.717, 1.165) is 34.9 Å². The average molecular weight is 492 g/mol. The van der Waals surface area contributed by atoms with Crippen molar-refractivity contribution < 1.29 is 25.6 Å². The highest BCUT2D eigenvalue weighted by molar-refractivity contribution is 7.92. The van der Waals surface area contributed by atoms with Gasteiger partial charge < -0.3 is 0 Å². The van der Waals surface area contributed by atoms with Gasteiger partial charge >= 0.3 is 0 Å². The number of halogens is 2. The van der Waals surface area contributed by atoms with Crippen molar-refractivity contribution in [1.29, 1.82) is 0 Å². The first-order valence-electron chi connectivity index (χ1n) is 9.74. The molecule has 0 unspecified atom stereocenters. The van der Waals surface area contributed by atoms with Crippen molar-refractivity contribution >= 4 is 31.4 Å². The van der Waals surface area contributed by atoms with Crippen LogP contribution in [-0.4, -0.2) is 33.2 Å². The molecule has 0 spiro atoms. The minimum atomic E-state index is -4.20. The van der Waals surface area contributed by atoms with Crippen molar-refractivity contribution in [3.63, 3.8) is 0 Å². The Labute approximate surface area is 190 Å². The van der Waals surface area contributed by atoms with Crippen molar-refractivity contribution in [2.45, 2.75) is 17.4 Å². The van der Waals surface area contributed by atoms with Crippen LogP contribution in [0.2, 0.25) is 0 Å². The first-order chi connectivity index (χ1) is 15.5. The zero-order chi connectivity index (χ0) is 23.8. The van der Waals surface area contributed by atoms with Crippen molar-refractivity contribution in [3.8, 4) is 0 Å². The molecular weight excluding hydrogens is 472 g/mol. The molecule has 3 aromatic carbocycles. The Morgan fingerprint density at radius 3 is 2.27 bits per heavy atom. The molecule has 0 radical (unpaired) electrons. The zero-order valence-corrected chi connectivity index (χ0v) is 18.9. The fourth-order valence-corrected chi connectivity index (χ4v) is 5.53. The maximum atomic E-state index is 13.9. The van der Waals surface area contributed by atoms with E-state index in [0.29, 0.717) is 22.5 Å². The summed E-state index contributed by atoms with van der Waals surface area (Å²) in [6, 6.07) is 15.4. The molecule has 1 aliphatic rings. The van der Waals surface area contributed by atoms with Gasteiger partial charge in [0.2, 0.25) is 10.0 Å². The Hall–Kier alpha value is -3.31. The molecule has 4 rings (SSSR count). The monoisotopic (exact) mass is 491 g/mol. The molecule has 1 N–H and O–H groups in total. The van der Waals surface area contributed by atoms with Crippen LogP contribution in [0.3, 0.4) is 0 Å². The minimum absolute atomic E-state index is 0.117. The van der Waals surface area contributed by atoms with Gasteiger partial charge in [0.1, 0.15) is 11.6 Å². The second-order valence-electron chi connectivity index (χ2n) is 7.51. The molecule has 0 aromatic heterocycles. The number of nitrogens with zero attached hydrogens (tertiary/aromatic N) is 2. The number of hydrogen-bond donors (Lipinski definition) is 1. The van der Waals surface area contributed by atoms with Gasteiger partial charge in [0, 0.05) is 12.1 Å². The highest BCUT2D eigenvalue weighted by atomic mass is 32.2. The summed E-state index contributed by atoms with van der Waals surface area (Å²) in [5.74, 6) is -1.11. The molecular formula is C22H19F2N3O4S2. The third-order valence-corrected chi connectivity index (χ3v) is 7.27. The van der Waals surface area contributed by atoms with E-state index in [1.807, 2.05) is 0 Å². The minimum Gasteiger partial charge on any atom is -0.284 e. The standard InChI is InChI=1S/C22H19F2N3O4S2/c1-32(28,29)26-19-7-3-4-15(13-19)21-14-22(16-5-2-6-18(24)12-16)27(25-21)33(30,31)20-10-8-17(23)9-11-20/h2-13,22,26H,14H2,1H3/t22-/m1/s1. The van der Waals surface area contributed by atoms with Gasteiger partial charge in [-0.1, -0.05) is 24.3 Å². The van der Waals surface area contributed by atoms with E-state index in [2.05, 4.69) is 9.82 Å². The number of hydrazone groups is 1. The number of hydrogen-bond acceptors (Lipinski definition) is 5. The molecule has 0 saturated carbocycles. The predicted molar refractivity (Wildman–Crippen MR) is 121 cm³/mol. The fourth-order valence-electron chi connectivity index (χ4n) is 3.54. The summed E-state index contributed by atoms with van der Waals surface area (Å²) >= 11 is 0. The van der Waals surface area contributed by atoms with Gasteiger partial charge in [-0.2, -0.15) is 17.9 Å². The van der Waals surface area contributed by atoms with Gasteiger partial charge in [0.15, 0.2) is 0 Å². The quantitative estimate of drug-likeness (QED) is 0.566. The van der Waals surface area contributed by atoms with Crippen LogP contribution in [-0.2, 0) is 20.0 Å². The highest BCUT2D eigenvalue weighted by Crippen LogP contribution is 2.37. The van der Waals surface area contributed by atoms with Crippen molar-refractivity contribution in [2.24, 2.45) is 5.10 Å². The van der Waals surface area contributed by atoms with E-state index in [1.54, 1.807) is 24.3 Å². The van der Waals surface area contributed by atoms with E-state index < -0.39 is 37.7 Å². The molecule has 0 aliphatic carbocycles. The Balaban J connectivity index is 1.79. The lowest BCUT2D eigenvalue weighted by atomic mass is 9.99. The molecule has 172 valence electrons. The first-order valence-corrected chi connectivity index (χ1v) is 13.1. The van der Waals surface area contributed by atoms with E-state index in [4.69, 9.17) is 0 Å². The molecule has 3 aromatic rings. The molecule has 1 aliphatic heterocycles. The molecule has 11 heteroatoms. The molecule has 0 amide bonds. The second kappa shape index (κ2) is 8.56. The summed E-state index contributed by atoms with van der Waals surface area (Å²) in [5, 5.41) is 4.32. The number of nitrogens with one attached hydrogen (secondary N) is 1. The van der Waals surface area contributed by atoms with Gasteiger partial charge in [-0.05, 0) is 59.7 Å². The van der Waals surface area contributed by atoms with Gasteiger partial charge in [0.25, 0.3) is 10.0 Å². The lowest BCUT2D eigenvalue weighted by Crippen LogP contribution is -2.27.